The summed E-state index contributed by atoms with van der Waals surface area (Å²) in [5.74, 6) is 2.46. The van der Waals surface area contributed by atoms with Crippen LogP contribution in [0.1, 0.15) is 18.5 Å². The first kappa shape index (κ1) is 14.0. The Kier molecular flexibility index (Phi) is 5.44. The molecule has 2 atom stereocenters. The van der Waals surface area contributed by atoms with E-state index in [1.807, 2.05) is 25.1 Å². The van der Waals surface area contributed by atoms with Crippen LogP contribution in [0.5, 0.6) is 11.5 Å². The first-order chi connectivity index (χ1) is 8.12. The Morgan fingerprint density at radius 3 is 2.59 bits per heavy atom. The zero-order chi connectivity index (χ0) is 12.8. The molecule has 5 heteroatoms. The lowest BCUT2D eigenvalue weighted by molar-refractivity contribution is 0.396. The molecule has 0 radical (unpaired) electrons. The standard InChI is InChI=1S/C12H19NO3S/c1-4-17(14)8-11(13)10-7-9(15-2)5-6-12(10)16-3/h5-7,11H,4,8,13H2,1-3H3. The summed E-state index contributed by atoms with van der Waals surface area (Å²) in [6.07, 6.45) is 0. The second kappa shape index (κ2) is 6.61. The zero-order valence-corrected chi connectivity index (χ0v) is 11.3. The molecule has 0 aliphatic heterocycles. The number of hydrogen-bond acceptors (Lipinski definition) is 4. The average Bonchev–Trinajstić information content (AvgIpc) is 2.37. The predicted molar refractivity (Wildman–Crippen MR) is 70.0 cm³/mol. The summed E-state index contributed by atoms with van der Waals surface area (Å²) in [5, 5.41) is 0. The number of methoxy groups -OCH3 is 2. The Morgan fingerprint density at radius 2 is 2.06 bits per heavy atom. The Labute approximate surface area is 105 Å². The van der Waals surface area contributed by atoms with Crippen molar-refractivity contribution in [2.24, 2.45) is 5.73 Å². The van der Waals surface area contributed by atoms with Crippen molar-refractivity contribution in [1.82, 2.24) is 0 Å². The summed E-state index contributed by atoms with van der Waals surface area (Å²) in [6.45, 7) is 1.88. The van der Waals surface area contributed by atoms with Crippen molar-refractivity contribution in [3.8, 4) is 11.5 Å². The van der Waals surface area contributed by atoms with Crippen molar-refractivity contribution in [3.05, 3.63) is 23.8 Å². The molecule has 1 aromatic carbocycles. The average molecular weight is 257 g/mol. The Balaban J connectivity index is 2.96. The van der Waals surface area contributed by atoms with Crippen LogP contribution in [0.4, 0.5) is 0 Å². The number of hydrogen-bond donors (Lipinski definition) is 1. The molecule has 0 saturated carbocycles. The Bertz CT molecular complexity index is 395. The van der Waals surface area contributed by atoms with Crippen LogP contribution in [0.15, 0.2) is 18.2 Å². The maximum Gasteiger partial charge on any atom is 0.123 e. The minimum absolute atomic E-state index is 0.305. The second-order valence-electron chi connectivity index (χ2n) is 3.61. The van der Waals surface area contributed by atoms with Crippen LogP contribution >= 0.6 is 0 Å². The smallest absolute Gasteiger partial charge is 0.123 e. The summed E-state index contributed by atoms with van der Waals surface area (Å²) in [4.78, 5) is 0. The minimum Gasteiger partial charge on any atom is -0.497 e. The van der Waals surface area contributed by atoms with Gasteiger partial charge in [-0.3, -0.25) is 4.21 Å². The molecule has 0 aliphatic carbocycles. The molecule has 0 heterocycles. The van der Waals surface area contributed by atoms with Crippen molar-refractivity contribution >= 4 is 10.8 Å². The van der Waals surface area contributed by atoms with Crippen LogP contribution in [0.3, 0.4) is 0 Å². The van der Waals surface area contributed by atoms with Gasteiger partial charge in [0.1, 0.15) is 11.5 Å². The van der Waals surface area contributed by atoms with Gasteiger partial charge < -0.3 is 15.2 Å². The molecule has 0 aromatic heterocycles. The van der Waals surface area contributed by atoms with Crippen LogP contribution in [0, 0.1) is 0 Å². The summed E-state index contributed by atoms with van der Waals surface area (Å²) in [6, 6.07) is 5.14. The van der Waals surface area contributed by atoms with Crippen LogP contribution in [0.25, 0.3) is 0 Å². The first-order valence-electron chi connectivity index (χ1n) is 5.44. The van der Waals surface area contributed by atoms with Crippen molar-refractivity contribution in [1.29, 1.82) is 0 Å². The monoisotopic (exact) mass is 257 g/mol. The van der Waals surface area contributed by atoms with Gasteiger partial charge in [-0.1, -0.05) is 6.92 Å². The molecule has 17 heavy (non-hydrogen) atoms. The van der Waals surface area contributed by atoms with Crippen LogP contribution in [-0.4, -0.2) is 29.9 Å². The van der Waals surface area contributed by atoms with Gasteiger partial charge in [-0.15, -0.1) is 0 Å². The molecule has 96 valence electrons. The highest BCUT2D eigenvalue weighted by Gasteiger charge is 2.15. The summed E-state index contributed by atoms with van der Waals surface area (Å²) in [7, 11) is 2.29. The number of rotatable bonds is 6. The molecule has 1 aromatic rings. The second-order valence-corrected chi connectivity index (χ2v) is 5.40. The molecule has 0 fully saturated rings. The molecular weight excluding hydrogens is 238 g/mol. The molecule has 0 bridgehead atoms. The van der Waals surface area contributed by atoms with E-state index in [9.17, 15) is 4.21 Å². The third-order valence-corrected chi connectivity index (χ3v) is 3.90. The van der Waals surface area contributed by atoms with Crippen LogP contribution < -0.4 is 15.2 Å². The van der Waals surface area contributed by atoms with Crippen molar-refractivity contribution in [2.75, 3.05) is 25.7 Å². The van der Waals surface area contributed by atoms with Gasteiger partial charge in [-0.05, 0) is 18.2 Å². The third kappa shape index (κ3) is 3.71. The number of nitrogens with two attached hydrogens (primary N) is 1. The molecule has 0 saturated heterocycles. The quantitative estimate of drug-likeness (QED) is 0.838. The first-order valence-corrected chi connectivity index (χ1v) is 6.93. The fourth-order valence-corrected chi connectivity index (χ4v) is 2.35. The summed E-state index contributed by atoms with van der Waals surface area (Å²) in [5.41, 5.74) is 6.87. The highest BCUT2D eigenvalue weighted by Crippen LogP contribution is 2.28. The molecule has 1 rings (SSSR count). The third-order valence-electron chi connectivity index (χ3n) is 2.52. The lowest BCUT2D eigenvalue weighted by atomic mass is 10.1. The summed E-state index contributed by atoms with van der Waals surface area (Å²) < 4.78 is 21.9. The predicted octanol–water partition coefficient (Wildman–Crippen LogP) is 1.47. The molecule has 2 unspecified atom stereocenters. The van der Waals surface area contributed by atoms with Gasteiger partial charge in [-0.2, -0.15) is 0 Å². The van der Waals surface area contributed by atoms with Gasteiger partial charge in [0, 0.05) is 33.9 Å². The topological polar surface area (TPSA) is 61.6 Å². The van der Waals surface area contributed by atoms with Crippen molar-refractivity contribution in [2.45, 2.75) is 13.0 Å². The van der Waals surface area contributed by atoms with E-state index >= 15 is 0 Å². The van der Waals surface area contributed by atoms with Gasteiger partial charge in [-0.25, -0.2) is 0 Å². The fraction of sp³-hybridized carbons (Fsp3) is 0.500. The molecule has 0 amide bonds. The zero-order valence-electron chi connectivity index (χ0n) is 10.4. The van der Waals surface area contributed by atoms with Gasteiger partial charge in [0.25, 0.3) is 0 Å². The van der Waals surface area contributed by atoms with Gasteiger partial charge >= 0.3 is 0 Å². The van der Waals surface area contributed by atoms with Crippen molar-refractivity contribution in [3.63, 3.8) is 0 Å². The van der Waals surface area contributed by atoms with Gasteiger partial charge in [0.05, 0.1) is 14.2 Å². The van der Waals surface area contributed by atoms with E-state index in [0.717, 1.165) is 11.3 Å². The summed E-state index contributed by atoms with van der Waals surface area (Å²) >= 11 is 0. The number of benzene rings is 1. The maximum absolute atomic E-state index is 11.5. The fourth-order valence-electron chi connectivity index (χ4n) is 1.54. The lowest BCUT2D eigenvalue weighted by Crippen LogP contribution is -2.19. The van der Waals surface area contributed by atoms with Gasteiger partial charge in [0.2, 0.25) is 0 Å². The SMILES string of the molecule is CCS(=O)CC(N)c1cc(OC)ccc1OC. The van der Waals surface area contributed by atoms with Gasteiger partial charge in [0.15, 0.2) is 0 Å². The minimum atomic E-state index is -0.898. The van der Waals surface area contributed by atoms with E-state index in [0.29, 0.717) is 17.3 Å². The highest BCUT2D eigenvalue weighted by molar-refractivity contribution is 7.84. The van der Waals surface area contributed by atoms with Crippen LogP contribution in [-0.2, 0) is 10.8 Å². The molecule has 4 nitrogen and oxygen atoms in total. The number of ether oxygens (including phenoxy) is 2. The molecular formula is C12H19NO3S. The largest absolute Gasteiger partial charge is 0.497 e. The van der Waals surface area contributed by atoms with E-state index in [-0.39, 0.29) is 6.04 Å². The Hall–Kier alpha value is -1.07. The molecule has 0 aliphatic rings. The lowest BCUT2D eigenvalue weighted by Gasteiger charge is -2.16. The van der Waals surface area contributed by atoms with Crippen molar-refractivity contribution < 1.29 is 13.7 Å². The molecule has 0 spiro atoms. The van der Waals surface area contributed by atoms with E-state index in [1.165, 1.54) is 0 Å². The highest BCUT2D eigenvalue weighted by atomic mass is 32.2. The Morgan fingerprint density at radius 1 is 1.35 bits per heavy atom. The van der Waals surface area contributed by atoms with E-state index in [1.54, 1.807) is 14.2 Å². The van der Waals surface area contributed by atoms with Crippen LogP contribution in [0.2, 0.25) is 0 Å². The van der Waals surface area contributed by atoms with E-state index < -0.39 is 10.8 Å². The maximum atomic E-state index is 11.5. The van der Waals surface area contributed by atoms with E-state index in [2.05, 4.69) is 0 Å². The molecule has 2 N–H and O–H groups in total. The normalized spacial score (nSPS) is 14.1. The van der Waals surface area contributed by atoms with E-state index in [4.69, 9.17) is 15.2 Å².